The normalized spacial score (nSPS) is 11.5. The summed E-state index contributed by atoms with van der Waals surface area (Å²) < 4.78 is 0. The number of hydrogen-bond acceptors (Lipinski definition) is 4. The molecule has 7 heteroatoms. The summed E-state index contributed by atoms with van der Waals surface area (Å²) in [4.78, 5) is 13.3. The van der Waals surface area contributed by atoms with Crippen LogP contribution in [0.15, 0.2) is 24.2 Å². The third-order valence-corrected chi connectivity index (χ3v) is 2.22. The van der Waals surface area contributed by atoms with E-state index in [4.69, 9.17) is 28.9 Å². The first kappa shape index (κ1) is 11.7. The van der Waals surface area contributed by atoms with Gasteiger partial charge in [-0.1, -0.05) is 23.2 Å². The topological polar surface area (TPSA) is 82.0 Å². The highest BCUT2D eigenvalue weighted by molar-refractivity contribution is 6.41. The Kier molecular flexibility index (Phi) is 3.88. The Labute approximate surface area is 95.7 Å². The molecule has 0 unspecified atom stereocenters. The molecule has 0 aliphatic carbocycles. The third kappa shape index (κ3) is 3.73. The van der Waals surface area contributed by atoms with Crippen LogP contribution in [0.5, 0.6) is 0 Å². The van der Waals surface area contributed by atoms with Gasteiger partial charge in [0.25, 0.3) is 6.20 Å². The smallest absolute Gasteiger partial charge is 0.253 e. The van der Waals surface area contributed by atoms with Gasteiger partial charge in [-0.3, -0.25) is 10.1 Å². The van der Waals surface area contributed by atoms with Crippen LogP contribution >= 0.6 is 23.2 Å². The number of nitrogens with two attached hydrogens (primary N) is 1. The van der Waals surface area contributed by atoms with Crippen molar-refractivity contribution in [3.8, 4) is 0 Å². The lowest BCUT2D eigenvalue weighted by atomic mass is 10.2. The molecular weight excluding hydrogens is 241 g/mol. The molecule has 0 saturated carbocycles. The van der Waals surface area contributed by atoms with Crippen LogP contribution in [0.3, 0.4) is 0 Å². The van der Waals surface area contributed by atoms with Crippen LogP contribution in [-0.2, 0) is 6.42 Å². The van der Waals surface area contributed by atoms with Crippen molar-refractivity contribution >= 4 is 23.2 Å². The van der Waals surface area contributed by atoms with Crippen molar-refractivity contribution in [2.45, 2.75) is 6.42 Å². The van der Waals surface area contributed by atoms with E-state index >= 15 is 0 Å². The molecule has 2 N–H and O–H groups in total. The molecule has 80 valence electrons. The van der Waals surface area contributed by atoms with Crippen LogP contribution in [0.1, 0.15) is 5.56 Å². The molecule has 0 radical (unpaired) electrons. The fourth-order valence-corrected chi connectivity index (χ4v) is 1.27. The minimum atomic E-state index is -0.611. The standard InChI is InChI=1S/C8H7Cl2N3O2/c9-7-2-5(3-12-8(7)10)1-6(11)4-13(14)15/h2-4H,1,11H2. The van der Waals surface area contributed by atoms with Crippen molar-refractivity contribution in [2.75, 3.05) is 0 Å². The Hall–Kier alpha value is -1.33. The molecule has 0 fully saturated rings. The molecule has 1 rings (SSSR count). The van der Waals surface area contributed by atoms with E-state index in [0.717, 1.165) is 6.20 Å². The Morgan fingerprint density at radius 2 is 2.33 bits per heavy atom. The Morgan fingerprint density at radius 1 is 1.67 bits per heavy atom. The molecular formula is C8H7Cl2N3O2. The number of rotatable bonds is 3. The van der Waals surface area contributed by atoms with E-state index in [1.54, 1.807) is 6.07 Å². The number of aromatic nitrogens is 1. The van der Waals surface area contributed by atoms with Gasteiger partial charge in [0.1, 0.15) is 5.15 Å². The largest absolute Gasteiger partial charge is 0.397 e. The van der Waals surface area contributed by atoms with E-state index in [2.05, 4.69) is 4.98 Å². The summed E-state index contributed by atoms with van der Waals surface area (Å²) in [7, 11) is 0. The fraction of sp³-hybridized carbons (Fsp3) is 0.125. The average molecular weight is 248 g/mol. The maximum atomic E-state index is 10.1. The van der Waals surface area contributed by atoms with Gasteiger partial charge in [-0.05, 0) is 11.6 Å². The van der Waals surface area contributed by atoms with Gasteiger partial charge in [0.2, 0.25) is 0 Å². The van der Waals surface area contributed by atoms with Crippen molar-refractivity contribution in [3.05, 3.63) is 50.0 Å². The predicted octanol–water partition coefficient (Wildman–Crippen LogP) is 2.01. The number of pyridine rings is 1. The second-order valence-corrected chi connectivity index (χ2v) is 3.55. The van der Waals surface area contributed by atoms with E-state index in [9.17, 15) is 10.1 Å². The summed E-state index contributed by atoms with van der Waals surface area (Å²) in [5.74, 6) is 0. The van der Waals surface area contributed by atoms with Crippen molar-refractivity contribution in [2.24, 2.45) is 5.73 Å². The summed E-state index contributed by atoms with van der Waals surface area (Å²) in [5.41, 5.74) is 6.20. The van der Waals surface area contributed by atoms with Crippen molar-refractivity contribution in [3.63, 3.8) is 0 Å². The zero-order valence-electron chi connectivity index (χ0n) is 7.48. The summed E-state index contributed by atoms with van der Waals surface area (Å²) >= 11 is 11.3. The first-order chi connectivity index (χ1) is 6.99. The van der Waals surface area contributed by atoms with Gasteiger partial charge in [0.05, 0.1) is 15.6 Å². The van der Waals surface area contributed by atoms with Crippen LogP contribution in [0.4, 0.5) is 0 Å². The van der Waals surface area contributed by atoms with Gasteiger partial charge in [0.15, 0.2) is 0 Å². The molecule has 0 aliphatic rings. The van der Waals surface area contributed by atoms with Gasteiger partial charge < -0.3 is 5.73 Å². The van der Waals surface area contributed by atoms with Crippen molar-refractivity contribution in [1.82, 2.24) is 4.98 Å². The average Bonchev–Trinajstić information content (AvgIpc) is 2.10. The van der Waals surface area contributed by atoms with Gasteiger partial charge in [-0.15, -0.1) is 0 Å². The van der Waals surface area contributed by atoms with E-state index < -0.39 is 4.92 Å². The van der Waals surface area contributed by atoms with Crippen LogP contribution in [0, 0.1) is 10.1 Å². The van der Waals surface area contributed by atoms with Crippen LogP contribution in [-0.4, -0.2) is 9.91 Å². The summed E-state index contributed by atoms with van der Waals surface area (Å²) in [5, 5.41) is 10.6. The molecule has 0 atom stereocenters. The molecule has 15 heavy (non-hydrogen) atoms. The summed E-state index contributed by atoms with van der Waals surface area (Å²) in [6.45, 7) is 0. The molecule has 0 bridgehead atoms. The predicted molar refractivity (Wildman–Crippen MR) is 57.2 cm³/mol. The van der Waals surface area contributed by atoms with Crippen LogP contribution in [0.2, 0.25) is 10.2 Å². The molecule has 5 nitrogen and oxygen atoms in total. The van der Waals surface area contributed by atoms with Crippen LogP contribution < -0.4 is 5.73 Å². The second kappa shape index (κ2) is 4.95. The zero-order valence-corrected chi connectivity index (χ0v) is 9.00. The monoisotopic (exact) mass is 247 g/mol. The van der Waals surface area contributed by atoms with Gasteiger partial charge in [0, 0.05) is 12.6 Å². The molecule has 1 aromatic rings. The van der Waals surface area contributed by atoms with Gasteiger partial charge >= 0.3 is 0 Å². The first-order valence-corrected chi connectivity index (χ1v) is 4.64. The highest BCUT2D eigenvalue weighted by Gasteiger charge is 2.04. The fourth-order valence-electron chi connectivity index (χ4n) is 0.974. The van der Waals surface area contributed by atoms with E-state index in [1.165, 1.54) is 6.20 Å². The maximum absolute atomic E-state index is 10.1. The molecule has 1 aromatic heterocycles. The van der Waals surface area contributed by atoms with E-state index in [1.807, 2.05) is 0 Å². The Balaban J connectivity index is 2.82. The minimum Gasteiger partial charge on any atom is -0.397 e. The SMILES string of the molecule is NC(=C[N+](=O)[O-])Cc1cnc(Cl)c(Cl)c1. The number of nitrogens with zero attached hydrogens (tertiary/aromatic N) is 2. The molecule has 0 saturated heterocycles. The number of allylic oxidation sites excluding steroid dienone is 1. The van der Waals surface area contributed by atoms with Crippen molar-refractivity contribution in [1.29, 1.82) is 0 Å². The Bertz CT molecular complexity index is 420. The molecule has 0 aliphatic heterocycles. The number of nitro groups is 1. The highest BCUT2D eigenvalue weighted by Crippen LogP contribution is 2.20. The van der Waals surface area contributed by atoms with E-state index in [-0.39, 0.29) is 17.3 Å². The molecule has 0 amide bonds. The zero-order chi connectivity index (χ0) is 11.4. The summed E-state index contributed by atoms with van der Waals surface area (Å²) in [6.07, 6.45) is 2.42. The first-order valence-electron chi connectivity index (χ1n) is 3.88. The highest BCUT2D eigenvalue weighted by atomic mass is 35.5. The molecule has 0 spiro atoms. The maximum Gasteiger partial charge on any atom is 0.253 e. The Morgan fingerprint density at radius 3 is 2.87 bits per heavy atom. The number of halogens is 2. The summed E-state index contributed by atoms with van der Waals surface area (Å²) in [6, 6.07) is 1.57. The van der Waals surface area contributed by atoms with Gasteiger partial charge in [-0.2, -0.15) is 0 Å². The molecule has 0 aromatic carbocycles. The molecule has 1 heterocycles. The third-order valence-electron chi connectivity index (χ3n) is 1.53. The van der Waals surface area contributed by atoms with Gasteiger partial charge in [-0.25, -0.2) is 4.98 Å². The van der Waals surface area contributed by atoms with Crippen LogP contribution in [0.25, 0.3) is 0 Å². The van der Waals surface area contributed by atoms with Crippen molar-refractivity contribution < 1.29 is 4.92 Å². The lowest BCUT2D eigenvalue weighted by Gasteiger charge is -2.00. The minimum absolute atomic E-state index is 0.125. The quantitative estimate of drug-likeness (QED) is 0.503. The lowest BCUT2D eigenvalue weighted by Crippen LogP contribution is -2.04. The second-order valence-electron chi connectivity index (χ2n) is 2.78. The lowest BCUT2D eigenvalue weighted by molar-refractivity contribution is -0.403. The number of hydrogen-bond donors (Lipinski definition) is 1. The van der Waals surface area contributed by atoms with E-state index in [0.29, 0.717) is 10.6 Å².